The third-order valence-electron chi connectivity index (χ3n) is 5.23. The Morgan fingerprint density at radius 2 is 1.65 bits per heavy atom. The predicted molar refractivity (Wildman–Crippen MR) is 118 cm³/mol. The molecule has 2 rings (SSSR count). The molecule has 0 bridgehead atoms. The molecule has 0 radical (unpaired) electrons. The van der Waals surface area contributed by atoms with E-state index < -0.39 is 0 Å². The molecule has 0 unspecified atom stereocenters. The average Bonchev–Trinajstić information content (AvgIpc) is 2.63. The van der Waals surface area contributed by atoms with E-state index in [2.05, 4.69) is 32.3 Å². The highest BCUT2D eigenvalue weighted by molar-refractivity contribution is 14.0. The fourth-order valence-electron chi connectivity index (χ4n) is 3.62. The van der Waals surface area contributed by atoms with E-state index in [9.17, 15) is 4.79 Å². The summed E-state index contributed by atoms with van der Waals surface area (Å²) in [5.41, 5.74) is 0. The van der Waals surface area contributed by atoms with E-state index in [1.165, 1.54) is 38.9 Å². The van der Waals surface area contributed by atoms with Gasteiger partial charge < -0.3 is 20.4 Å². The molecule has 0 spiro atoms. The lowest BCUT2D eigenvalue weighted by Crippen LogP contribution is -2.52. The zero-order chi connectivity index (χ0) is 18.1. The quantitative estimate of drug-likeness (QED) is 0.335. The second kappa shape index (κ2) is 12.7. The van der Waals surface area contributed by atoms with Crippen molar-refractivity contribution in [3.63, 3.8) is 0 Å². The SMILES string of the molecule is CCCN1CCC(NC(=NC)NCCN2CCN(C(C)=O)CC2)CC1.I. The largest absolute Gasteiger partial charge is 0.355 e. The molecular formula is C18H37IN6O. The van der Waals surface area contributed by atoms with Crippen molar-refractivity contribution < 1.29 is 4.79 Å². The van der Waals surface area contributed by atoms with Crippen molar-refractivity contribution >= 4 is 35.8 Å². The lowest BCUT2D eigenvalue weighted by molar-refractivity contribution is -0.130. The minimum absolute atomic E-state index is 0. The normalized spacial score (nSPS) is 20.6. The molecule has 0 saturated carbocycles. The number of carbonyl (C=O) groups excluding carboxylic acids is 1. The predicted octanol–water partition coefficient (Wildman–Crippen LogP) is 0.808. The number of amides is 1. The van der Waals surface area contributed by atoms with Crippen LogP contribution in [0.4, 0.5) is 0 Å². The number of nitrogens with zero attached hydrogens (tertiary/aromatic N) is 4. The summed E-state index contributed by atoms with van der Waals surface area (Å²) in [6, 6.07) is 0.526. The van der Waals surface area contributed by atoms with Crippen molar-refractivity contribution in [2.75, 3.05) is 66.0 Å². The molecule has 2 N–H and O–H groups in total. The van der Waals surface area contributed by atoms with E-state index in [-0.39, 0.29) is 29.9 Å². The maximum atomic E-state index is 11.4. The van der Waals surface area contributed by atoms with Crippen LogP contribution >= 0.6 is 24.0 Å². The van der Waals surface area contributed by atoms with Gasteiger partial charge in [-0.2, -0.15) is 0 Å². The summed E-state index contributed by atoms with van der Waals surface area (Å²) in [6.07, 6.45) is 3.61. The second-order valence-electron chi connectivity index (χ2n) is 7.11. The zero-order valence-corrected chi connectivity index (χ0v) is 19.0. The average molecular weight is 480 g/mol. The fraction of sp³-hybridized carbons (Fsp3) is 0.889. The topological polar surface area (TPSA) is 63.2 Å². The standard InChI is InChI=1S/C18H36N6O.HI/c1-4-8-22-9-5-17(6-10-22)21-18(19-3)20-7-11-23-12-14-24(15-13-23)16(2)25;/h17H,4-15H2,1-3H3,(H2,19,20,21);1H. The molecule has 152 valence electrons. The monoisotopic (exact) mass is 480 g/mol. The van der Waals surface area contributed by atoms with Crippen LogP contribution in [-0.2, 0) is 4.79 Å². The maximum absolute atomic E-state index is 11.4. The highest BCUT2D eigenvalue weighted by Crippen LogP contribution is 2.10. The van der Waals surface area contributed by atoms with E-state index in [1.807, 2.05) is 11.9 Å². The summed E-state index contributed by atoms with van der Waals surface area (Å²) in [4.78, 5) is 22.6. The van der Waals surface area contributed by atoms with Crippen LogP contribution < -0.4 is 10.6 Å². The van der Waals surface area contributed by atoms with Crippen molar-refractivity contribution in [1.29, 1.82) is 0 Å². The third-order valence-corrected chi connectivity index (χ3v) is 5.23. The van der Waals surface area contributed by atoms with Crippen molar-refractivity contribution in [1.82, 2.24) is 25.3 Å². The molecule has 8 heteroatoms. The highest BCUT2D eigenvalue weighted by Gasteiger charge is 2.20. The Morgan fingerprint density at radius 3 is 2.19 bits per heavy atom. The van der Waals surface area contributed by atoms with Crippen LogP contribution in [-0.4, -0.2) is 98.6 Å². The number of aliphatic imine (C=N–C) groups is 1. The molecular weight excluding hydrogens is 443 g/mol. The van der Waals surface area contributed by atoms with Gasteiger partial charge in [-0.05, 0) is 25.8 Å². The molecule has 2 fully saturated rings. The molecule has 2 saturated heterocycles. The first-order valence-corrected chi connectivity index (χ1v) is 9.79. The molecule has 0 aliphatic carbocycles. The summed E-state index contributed by atoms with van der Waals surface area (Å²) in [5.74, 6) is 1.10. The number of piperidine rings is 1. The molecule has 0 aromatic rings. The lowest BCUT2D eigenvalue weighted by atomic mass is 10.1. The minimum atomic E-state index is 0. The Balaban J connectivity index is 0.00000338. The Labute approximate surface area is 176 Å². The number of hydrogen-bond donors (Lipinski definition) is 2. The Morgan fingerprint density at radius 1 is 1.04 bits per heavy atom. The molecule has 0 aromatic carbocycles. The minimum Gasteiger partial charge on any atom is -0.355 e. The Bertz CT molecular complexity index is 431. The summed E-state index contributed by atoms with van der Waals surface area (Å²) < 4.78 is 0. The van der Waals surface area contributed by atoms with Gasteiger partial charge in [0, 0.05) is 72.4 Å². The van der Waals surface area contributed by atoms with Crippen LogP contribution in [0, 0.1) is 0 Å². The summed E-state index contributed by atoms with van der Waals surface area (Å²) in [5, 5.41) is 7.01. The second-order valence-corrected chi connectivity index (χ2v) is 7.11. The number of halogens is 1. The summed E-state index contributed by atoms with van der Waals surface area (Å²) in [7, 11) is 1.84. The van der Waals surface area contributed by atoms with Gasteiger partial charge in [0.2, 0.25) is 5.91 Å². The Hall–Kier alpha value is -0.610. The van der Waals surface area contributed by atoms with Crippen LogP contribution in [0.5, 0.6) is 0 Å². The number of hydrogen-bond acceptors (Lipinski definition) is 4. The van der Waals surface area contributed by atoms with Crippen molar-refractivity contribution in [2.45, 2.75) is 39.2 Å². The Kier molecular flexibility index (Phi) is 11.5. The van der Waals surface area contributed by atoms with E-state index in [0.717, 1.165) is 45.2 Å². The van der Waals surface area contributed by atoms with Gasteiger partial charge in [-0.25, -0.2) is 0 Å². The molecule has 2 heterocycles. The van der Waals surface area contributed by atoms with Crippen LogP contribution in [0.2, 0.25) is 0 Å². The van der Waals surface area contributed by atoms with Crippen LogP contribution in [0.25, 0.3) is 0 Å². The molecule has 0 aromatic heterocycles. The van der Waals surface area contributed by atoms with Gasteiger partial charge >= 0.3 is 0 Å². The van der Waals surface area contributed by atoms with E-state index in [4.69, 9.17) is 0 Å². The van der Waals surface area contributed by atoms with Gasteiger partial charge in [-0.3, -0.25) is 14.7 Å². The number of likely N-dealkylation sites (tertiary alicyclic amines) is 1. The smallest absolute Gasteiger partial charge is 0.219 e. The first kappa shape index (κ1) is 23.4. The summed E-state index contributed by atoms with van der Waals surface area (Å²) >= 11 is 0. The van der Waals surface area contributed by atoms with Crippen molar-refractivity contribution in [3.05, 3.63) is 0 Å². The van der Waals surface area contributed by atoms with Gasteiger partial charge in [0.05, 0.1) is 0 Å². The van der Waals surface area contributed by atoms with Gasteiger partial charge in [0.1, 0.15) is 0 Å². The molecule has 0 atom stereocenters. The van der Waals surface area contributed by atoms with Gasteiger partial charge in [0.25, 0.3) is 0 Å². The fourth-order valence-corrected chi connectivity index (χ4v) is 3.62. The number of carbonyl (C=O) groups is 1. The van der Waals surface area contributed by atoms with Crippen molar-refractivity contribution in [3.8, 4) is 0 Å². The van der Waals surface area contributed by atoms with Crippen molar-refractivity contribution in [2.24, 2.45) is 4.99 Å². The maximum Gasteiger partial charge on any atom is 0.219 e. The van der Waals surface area contributed by atoms with E-state index in [1.54, 1.807) is 6.92 Å². The molecule has 7 nitrogen and oxygen atoms in total. The van der Waals surface area contributed by atoms with E-state index >= 15 is 0 Å². The highest BCUT2D eigenvalue weighted by atomic mass is 127. The van der Waals surface area contributed by atoms with Gasteiger partial charge in [0.15, 0.2) is 5.96 Å². The lowest BCUT2D eigenvalue weighted by Gasteiger charge is -2.34. The van der Waals surface area contributed by atoms with Crippen LogP contribution in [0.1, 0.15) is 33.1 Å². The van der Waals surface area contributed by atoms with Gasteiger partial charge in [-0.1, -0.05) is 6.92 Å². The molecule has 1 amide bonds. The number of nitrogens with one attached hydrogen (secondary N) is 2. The molecule has 2 aliphatic heterocycles. The first-order chi connectivity index (χ1) is 12.1. The van der Waals surface area contributed by atoms with E-state index in [0.29, 0.717) is 6.04 Å². The summed E-state index contributed by atoms with van der Waals surface area (Å²) in [6.45, 7) is 13.0. The number of guanidine groups is 1. The molecule has 26 heavy (non-hydrogen) atoms. The van der Waals surface area contributed by atoms with Crippen LogP contribution in [0.15, 0.2) is 4.99 Å². The first-order valence-electron chi connectivity index (χ1n) is 9.79. The third kappa shape index (κ3) is 7.96. The van der Waals surface area contributed by atoms with Gasteiger partial charge in [-0.15, -0.1) is 24.0 Å². The van der Waals surface area contributed by atoms with Crippen LogP contribution in [0.3, 0.4) is 0 Å². The zero-order valence-electron chi connectivity index (χ0n) is 16.7. The molecule has 2 aliphatic rings. The number of rotatable bonds is 6. The number of piperazine rings is 1.